The summed E-state index contributed by atoms with van der Waals surface area (Å²) in [5.74, 6) is -0.0922. The number of carbonyl (C=O) groups excluding carboxylic acids is 2. The topological polar surface area (TPSA) is 69.3 Å². The Labute approximate surface area is 167 Å². The summed E-state index contributed by atoms with van der Waals surface area (Å²) in [6.45, 7) is 5.25. The third kappa shape index (κ3) is 4.05. The first-order valence-electron chi connectivity index (χ1n) is 9.31. The molecule has 0 radical (unpaired) electrons. The van der Waals surface area contributed by atoms with Crippen LogP contribution in [-0.2, 0) is 6.54 Å². The zero-order chi connectivity index (χ0) is 19.5. The van der Waals surface area contributed by atoms with E-state index in [4.69, 9.17) is 4.98 Å². The Kier molecular flexibility index (Phi) is 5.36. The lowest BCUT2D eigenvalue weighted by molar-refractivity contribution is 0.0622. The van der Waals surface area contributed by atoms with Gasteiger partial charge in [-0.25, -0.2) is 4.98 Å². The predicted molar refractivity (Wildman–Crippen MR) is 110 cm³/mol. The smallest absolute Gasteiger partial charge is 0.270 e. The van der Waals surface area contributed by atoms with Gasteiger partial charge >= 0.3 is 0 Å². The molecule has 2 aromatic heterocycles. The maximum atomic E-state index is 12.6. The summed E-state index contributed by atoms with van der Waals surface area (Å²) in [5.41, 5.74) is 3.23. The van der Waals surface area contributed by atoms with Crippen LogP contribution in [0.4, 0.5) is 0 Å². The van der Waals surface area contributed by atoms with Crippen LogP contribution in [0.1, 0.15) is 33.5 Å². The van der Waals surface area contributed by atoms with E-state index in [0.717, 1.165) is 35.9 Å². The summed E-state index contributed by atoms with van der Waals surface area (Å²) in [6, 6.07) is 11.8. The van der Waals surface area contributed by atoms with E-state index < -0.39 is 0 Å². The molecule has 1 aromatic carbocycles. The number of nitrogens with zero attached hydrogens (tertiary/aromatic N) is 3. The molecule has 0 atom stereocenters. The average molecular weight is 395 g/mol. The van der Waals surface area contributed by atoms with E-state index in [0.29, 0.717) is 24.3 Å². The fraction of sp³-hybridized carbons (Fsp3) is 0.286. The maximum Gasteiger partial charge on any atom is 0.270 e. The molecule has 0 saturated carbocycles. The summed E-state index contributed by atoms with van der Waals surface area (Å²) in [6.07, 6.45) is 1.60. The summed E-state index contributed by atoms with van der Waals surface area (Å²) >= 11 is 1.66. The molecule has 3 heterocycles. The van der Waals surface area contributed by atoms with E-state index in [-0.39, 0.29) is 11.7 Å². The van der Waals surface area contributed by atoms with Crippen LogP contribution < -0.4 is 0 Å². The molecule has 1 aliphatic heterocycles. The van der Waals surface area contributed by atoms with Gasteiger partial charge in [0, 0.05) is 55.4 Å². The number of nitrogens with one attached hydrogen (secondary N) is 1. The van der Waals surface area contributed by atoms with Gasteiger partial charge in [0.05, 0.1) is 5.69 Å². The number of aromatic amines is 1. The van der Waals surface area contributed by atoms with Gasteiger partial charge in [0.25, 0.3) is 5.91 Å². The largest absolute Gasteiger partial charge is 0.356 e. The molecule has 1 saturated heterocycles. The number of benzene rings is 1. The van der Waals surface area contributed by atoms with Crippen LogP contribution in [0, 0.1) is 0 Å². The van der Waals surface area contributed by atoms with E-state index >= 15 is 0 Å². The number of amides is 1. The number of piperazine rings is 1. The van der Waals surface area contributed by atoms with Crippen molar-refractivity contribution in [3.63, 3.8) is 0 Å². The van der Waals surface area contributed by atoms with E-state index in [9.17, 15) is 9.59 Å². The van der Waals surface area contributed by atoms with Gasteiger partial charge in [-0.15, -0.1) is 11.3 Å². The minimum Gasteiger partial charge on any atom is -0.356 e. The van der Waals surface area contributed by atoms with Gasteiger partial charge in [-0.1, -0.05) is 30.3 Å². The van der Waals surface area contributed by atoms with Crippen LogP contribution >= 0.6 is 11.3 Å². The normalized spacial score (nSPS) is 15.0. The molecule has 144 valence electrons. The number of hydrogen-bond acceptors (Lipinski definition) is 5. The lowest BCUT2D eigenvalue weighted by Crippen LogP contribution is -2.48. The molecule has 0 aliphatic carbocycles. The van der Waals surface area contributed by atoms with Crippen LogP contribution in [0.5, 0.6) is 0 Å². The molecule has 4 rings (SSSR count). The highest BCUT2D eigenvalue weighted by Gasteiger charge is 2.24. The number of thiazole rings is 1. The number of hydrogen-bond donors (Lipinski definition) is 1. The fourth-order valence-electron chi connectivity index (χ4n) is 3.32. The van der Waals surface area contributed by atoms with Crippen molar-refractivity contribution in [2.24, 2.45) is 0 Å². The van der Waals surface area contributed by atoms with Crippen LogP contribution in [0.25, 0.3) is 10.6 Å². The Morgan fingerprint density at radius 2 is 1.89 bits per heavy atom. The number of rotatable bonds is 5. The molecule has 6 nitrogen and oxygen atoms in total. The highest BCUT2D eigenvalue weighted by Crippen LogP contribution is 2.24. The first kappa shape index (κ1) is 18.6. The SMILES string of the molecule is CC(=O)c1c[nH]c(C(=O)N2CCN(Cc3csc(-c4ccccc4)n3)CC2)c1. The Hall–Kier alpha value is -2.77. The molecule has 3 aromatic rings. The molecule has 28 heavy (non-hydrogen) atoms. The maximum absolute atomic E-state index is 12.6. The number of ketones is 1. The van der Waals surface area contributed by atoms with Crippen LogP contribution in [0.2, 0.25) is 0 Å². The number of H-pyrrole nitrogens is 1. The Balaban J connectivity index is 1.32. The van der Waals surface area contributed by atoms with E-state index in [1.54, 1.807) is 23.6 Å². The summed E-state index contributed by atoms with van der Waals surface area (Å²) < 4.78 is 0. The summed E-state index contributed by atoms with van der Waals surface area (Å²) in [4.78, 5) is 35.9. The second-order valence-electron chi connectivity index (χ2n) is 6.94. The van der Waals surface area contributed by atoms with Crippen molar-refractivity contribution in [2.75, 3.05) is 26.2 Å². The van der Waals surface area contributed by atoms with Crippen molar-refractivity contribution in [3.8, 4) is 10.6 Å². The Morgan fingerprint density at radius 1 is 1.14 bits per heavy atom. The summed E-state index contributed by atoms with van der Waals surface area (Å²) in [7, 11) is 0. The van der Waals surface area contributed by atoms with Crippen LogP contribution in [0.15, 0.2) is 48.0 Å². The zero-order valence-electron chi connectivity index (χ0n) is 15.7. The first-order valence-corrected chi connectivity index (χ1v) is 10.2. The van der Waals surface area contributed by atoms with Gasteiger partial charge in [-0.2, -0.15) is 0 Å². The van der Waals surface area contributed by atoms with Crippen LogP contribution in [-0.4, -0.2) is 57.6 Å². The predicted octanol–water partition coefficient (Wildman–Crippen LogP) is 3.30. The molecular weight excluding hydrogens is 372 g/mol. The molecule has 0 spiro atoms. The van der Waals surface area contributed by atoms with Gasteiger partial charge in [-0.05, 0) is 13.0 Å². The molecule has 1 N–H and O–H groups in total. The molecule has 1 amide bonds. The second-order valence-corrected chi connectivity index (χ2v) is 7.79. The molecule has 1 aliphatic rings. The van der Waals surface area contributed by atoms with Crippen molar-refractivity contribution in [3.05, 3.63) is 64.9 Å². The number of Topliss-reactive ketones (excluding diaryl/α,β-unsaturated/α-hetero) is 1. The van der Waals surface area contributed by atoms with Crippen molar-refractivity contribution in [1.82, 2.24) is 19.8 Å². The zero-order valence-corrected chi connectivity index (χ0v) is 16.5. The molecule has 0 bridgehead atoms. The van der Waals surface area contributed by atoms with Crippen molar-refractivity contribution < 1.29 is 9.59 Å². The van der Waals surface area contributed by atoms with Crippen molar-refractivity contribution in [2.45, 2.75) is 13.5 Å². The minimum absolute atomic E-state index is 0.0433. The number of aromatic nitrogens is 2. The molecular formula is C21H22N4O2S. The van der Waals surface area contributed by atoms with Gasteiger partial charge in [0.2, 0.25) is 0 Å². The first-order chi connectivity index (χ1) is 13.6. The average Bonchev–Trinajstić information content (AvgIpc) is 3.39. The van der Waals surface area contributed by atoms with Gasteiger partial charge < -0.3 is 9.88 Å². The second kappa shape index (κ2) is 8.08. The minimum atomic E-state index is -0.0489. The number of carbonyl (C=O) groups is 2. The van der Waals surface area contributed by atoms with Gasteiger partial charge in [0.15, 0.2) is 5.78 Å². The standard InChI is InChI=1S/C21H22N4O2S/c1-15(26)17-11-19(22-12-17)21(27)25-9-7-24(8-10-25)13-18-14-28-20(23-18)16-5-3-2-4-6-16/h2-6,11-12,14,22H,7-10,13H2,1H3. The van der Waals surface area contributed by atoms with Crippen molar-refractivity contribution >= 4 is 23.0 Å². The quantitative estimate of drug-likeness (QED) is 0.674. The molecule has 1 fully saturated rings. The highest BCUT2D eigenvalue weighted by molar-refractivity contribution is 7.13. The lowest BCUT2D eigenvalue weighted by Gasteiger charge is -2.34. The van der Waals surface area contributed by atoms with E-state index in [1.807, 2.05) is 23.1 Å². The third-order valence-electron chi connectivity index (χ3n) is 4.94. The van der Waals surface area contributed by atoms with E-state index in [2.05, 4.69) is 27.4 Å². The van der Waals surface area contributed by atoms with Crippen molar-refractivity contribution in [1.29, 1.82) is 0 Å². The molecule has 0 unspecified atom stereocenters. The fourth-order valence-corrected chi connectivity index (χ4v) is 4.14. The highest BCUT2D eigenvalue weighted by atomic mass is 32.1. The Bertz CT molecular complexity index is 971. The lowest BCUT2D eigenvalue weighted by atomic mass is 10.2. The Morgan fingerprint density at radius 3 is 2.57 bits per heavy atom. The molecule has 7 heteroatoms. The van der Waals surface area contributed by atoms with Crippen LogP contribution in [0.3, 0.4) is 0 Å². The van der Waals surface area contributed by atoms with Gasteiger partial charge in [0.1, 0.15) is 10.7 Å². The summed E-state index contributed by atoms with van der Waals surface area (Å²) in [5, 5.41) is 3.15. The van der Waals surface area contributed by atoms with E-state index in [1.165, 1.54) is 6.92 Å². The van der Waals surface area contributed by atoms with Gasteiger partial charge in [-0.3, -0.25) is 14.5 Å². The monoisotopic (exact) mass is 394 g/mol. The third-order valence-corrected chi connectivity index (χ3v) is 5.88.